The van der Waals surface area contributed by atoms with E-state index in [9.17, 15) is 36.3 Å². The molecule has 1 aliphatic heterocycles. The topological polar surface area (TPSA) is 105 Å². The lowest BCUT2D eigenvalue weighted by atomic mass is 10.0. The summed E-state index contributed by atoms with van der Waals surface area (Å²) in [6.07, 6.45) is -3.39. The van der Waals surface area contributed by atoms with Crippen LogP contribution >= 0.6 is 11.6 Å². The van der Waals surface area contributed by atoms with Gasteiger partial charge in [0.25, 0.3) is 11.8 Å². The molecule has 0 saturated heterocycles. The Bertz CT molecular complexity index is 1710. The number of rotatable bonds is 6. The number of amides is 3. The number of fused-ring (bicyclic) bond motifs is 1. The van der Waals surface area contributed by atoms with Crippen molar-refractivity contribution >= 4 is 35.0 Å². The minimum Gasteiger partial charge on any atom is -0.345 e. The summed E-state index contributed by atoms with van der Waals surface area (Å²) in [5.74, 6) is -4.35. The molecule has 0 spiro atoms. The van der Waals surface area contributed by atoms with Crippen molar-refractivity contribution in [2.45, 2.75) is 25.3 Å². The Morgan fingerprint density at radius 3 is 2.52 bits per heavy atom. The van der Waals surface area contributed by atoms with Crippen LogP contribution in [-0.2, 0) is 24.1 Å². The number of halogens is 6. The van der Waals surface area contributed by atoms with Crippen molar-refractivity contribution in [3.8, 4) is 0 Å². The molecule has 2 aromatic heterocycles. The Hall–Kier alpha value is -4.78. The van der Waals surface area contributed by atoms with Gasteiger partial charge in [0.05, 0.1) is 35.2 Å². The van der Waals surface area contributed by atoms with Gasteiger partial charge in [-0.2, -0.15) is 13.2 Å². The minimum absolute atomic E-state index is 0.0107. The van der Waals surface area contributed by atoms with Gasteiger partial charge in [-0.15, -0.1) is 0 Å². The molecule has 8 nitrogen and oxygen atoms in total. The Balaban J connectivity index is 1.58. The Morgan fingerprint density at radius 2 is 1.81 bits per heavy atom. The third-order valence-electron chi connectivity index (χ3n) is 6.41. The second-order valence-electron chi connectivity index (χ2n) is 9.27. The highest BCUT2D eigenvalue weighted by Gasteiger charge is 2.35. The van der Waals surface area contributed by atoms with Crippen molar-refractivity contribution < 1.29 is 36.3 Å². The second-order valence-corrected chi connectivity index (χ2v) is 9.67. The van der Waals surface area contributed by atoms with Crippen molar-refractivity contribution in [1.29, 1.82) is 0 Å². The number of hydrogen-bond acceptors (Lipinski definition) is 4. The molecule has 14 heteroatoms. The normalized spacial score (nSPS) is 14.6. The highest BCUT2D eigenvalue weighted by atomic mass is 35.5. The standard InChI is InChI=1S/C28H19ClF5N5O3/c29-20-5-4-16(30)10-19(20)24-25-21(37-26(41)14-7-15(28(32,33)34)9-17(31)8-14)11-22(39(25)13-23(40)38-24)27(42)36-12-18-3-1-2-6-35-18/h1-11,24H,12-13H2,(H,36,42)(H,37,41)(H,38,40). The second kappa shape index (κ2) is 11.2. The van der Waals surface area contributed by atoms with Crippen LogP contribution in [-0.4, -0.2) is 27.3 Å². The summed E-state index contributed by atoms with van der Waals surface area (Å²) in [5, 5.41) is 7.77. The van der Waals surface area contributed by atoms with E-state index in [-0.39, 0.29) is 46.8 Å². The van der Waals surface area contributed by atoms with Gasteiger partial charge in [-0.25, -0.2) is 8.78 Å². The van der Waals surface area contributed by atoms with E-state index >= 15 is 0 Å². The maximum atomic E-state index is 14.2. The average Bonchev–Trinajstić information content (AvgIpc) is 3.30. The van der Waals surface area contributed by atoms with Gasteiger partial charge in [-0.1, -0.05) is 17.7 Å². The van der Waals surface area contributed by atoms with Crippen LogP contribution in [0.15, 0.2) is 66.9 Å². The molecule has 0 bridgehead atoms. The van der Waals surface area contributed by atoms with Gasteiger partial charge in [0, 0.05) is 22.3 Å². The van der Waals surface area contributed by atoms with Crippen molar-refractivity contribution in [3.63, 3.8) is 0 Å². The molecule has 3 heterocycles. The van der Waals surface area contributed by atoms with Crippen LogP contribution in [0.5, 0.6) is 0 Å². The molecule has 0 aliphatic carbocycles. The summed E-state index contributed by atoms with van der Waals surface area (Å²) < 4.78 is 69.3. The molecule has 1 unspecified atom stereocenters. The summed E-state index contributed by atoms with van der Waals surface area (Å²) in [6.45, 7) is -0.379. The number of anilines is 1. The van der Waals surface area contributed by atoms with Crippen LogP contribution in [0.2, 0.25) is 5.02 Å². The predicted molar refractivity (Wildman–Crippen MR) is 141 cm³/mol. The number of aromatic nitrogens is 2. The lowest BCUT2D eigenvalue weighted by Gasteiger charge is -2.29. The molecule has 3 amide bonds. The fourth-order valence-electron chi connectivity index (χ4n) is 4.56. The van der Waals surface area contributed by atoms with E-state index in [0.717, 1.165) is 12.1 Å². The zero-order valence-electron chi connectivity index (χ0n) is 21.2. The number of carbonyl (C=O) groups excluding carboxylic acids is 3. The molecule has 4 aromatic rings. The monoisotopic (exact) mass is 603 g/mol. The fraction of sp³-hybridized carbons (Fsp3) is 0.143. The van der Waals surface area contributed by atoms with Crippen LogP contribution in [0.4, 0.5) is 27.6 Å². The first kappa shape index (κ1) is 28.7. The molecule has 3 N–H and O–H groups in total. The molecular weight excluding hydrogens is 585 g/mol. The number of benzene rings is 2. The maximum Gasteiger partial charge on any atom is 0.416 e. The van der Waals surface area contributed by atoms with Gasteiger partial charge in [-0.05, 0) is 54.6 Å². The van der Waals surface area contributed by atoms with E-state index in [1.54, 1.807) is 18.2 Å². The number of pyridine rings is 1. The number of carbonyl (C=O) groups is 3. The van der Waals surface area contributed by atoms with Crippen LogP contribution in [0.3, 0.4) is 0 Å². The van der Waals surface area contributed by atoms with Crippen molar-refractivity contribution in [2.24, 2.45) is 0 Å². The lowest BCUT2D eigenvalue weighted by Crippen LogP contribution is -2.41. The molecule has 1 aliphatic rings. The maximum absolute atomic E-state index is 14.2. The highest BCUT2D eigenvalue weighted by molar-refractivity contribution is 6.31. The molecular formula is C28H19ClF5N5O3. The van der Waals surface area contributed by atoms with Gasteiger partial charge in [0.15, 0.2) is 0 Å². The zero-order chi connectivity index (χ0) is 30.2. The molecule has 42 heavy (non-hydrogen) atoms. The Kier molecular flexibility index (Phi) is 7.69. The fourth-order valence-corrected chi connectivity index (χ4v) is 4.78. The smallest absolute Gasteiger partial charge is 0.345 e. The largest absolute Gasteiger partial charge is 0.416 e. The summed E-state index contributed by atoms with van der Waals surface area (Å²) in [5.41, 5.74) is -1.53. The summed E-state index contributed by atoms with van der Waals surface area (Å²) in [7, 11) is 0. The molecule has 1 atom stereocenters. The van der Waals surface area contributed by atoms with E-state index in [4.69, 9.17) is 11.6 Å². The van der Waals surface area contributed by atoms with Gasteiger partial charge in [-0.3, -0.25) is 19.4 Å². The zero-order valence-corrected chi connectivity index (χ0v) is 22.0. The van der Waals surface area contributed by atoms with E-state index in [1.165, 1.54) is 22.9 Å². The quantitative estimate of drug-likeness (QED) is 0.262. The van der Waals surface area contributed by atoms with Crippen molar-refractivity contribution in [3.05, 3.63) is 117 Å². The minimum atomic E-state index is -4.92. The van der Waals surface area contributed by atoms with Crippen LogP contribution in [0.1, 0.15) is 49.4 Å². The van der Waals surface area contributed by atoms with Crippen LogP contribution in [0, 0.1) is 11.6 Å². The third-order valence-corrected chi connectivity index (χ3v) is 6.76. The average molecular weight is 604 g/mol. The van der Waals surface area contributed by atoms with Crippen LogP contribution in [0.25, 0.3) is 0 Å². The summed E-state index contributed by atoms with van der Waals surface area (Å²) in [4.78, 5) is 43.2. The number of alkyl halides is 3. The van der Waals surface area contributed by atoms with E-state index in [2.05, 4.69) is 20.9 Å². The number of nitrogens with zero attached hydrogens (tertiary/aromatic N) is 2. The van der Waals surface area contributed by atoms with Gasteiger partial charge >= 0.3 is 6.18 Å². The Morgan fingerprint density at radius 1 is 1.02 bits per heavy atom. The third kappa shape index (κ3) is 5.96. The first-order valence-electron chi connectivity index (χ1n) is 12.3. The number of nitrogens with one attached hydrogen (secondary N) is 3. The molecule has 0 fully saturated rings. The summed E-state index contributed by atoms with van der Waals surface area (Å²) in [6, 6.07) is 9.87. The van der Waals surface area contributed by atoms with E-state index in [1.807, 2.05) is 0 Å². The molecule has 216 valence electrons. The highest BCUT2D eigenvalue weighted by Crippen LogP contribution is 2.38. The van der Waals surface area contributed by atoms with E-state index in [0.29, 0.717) is 17.8 Å². The van der Waals surface area contributed by atoms with Crippen molar-refractivity contribution in [1.82, 2.24) is 20.2 Å². The van der Waals surface area contributed by atoms with E-state index < -0.39 is 52.7 Å². The SMILES string of the molecule is O=C1Cn2c(C(=O)NCc3ccccn3)cc(NC(=O)c3cc(F)cc(C(F)(F)F)c3)c2C(c2cc(F)ccc2Cl)N1. The predicted octanol–water partition coefficient (Wildman–Crippen LogP) is 5.24. The first-order chi connectivity index (χ1) is 19.9. The molecule has 5 rings (SSSR count). The molecule has 0 radical (unpaired) electrons. The van der Waals surface area contributed by atoms with Gasteiger partial charge in [0.2, 0.25) is 5.91 Å². The lowest BCUT2D eigenvalue weighted by molar-refractivity contribution is -0.137. The van der Waals surface area contributed by atoms with Gasteiger partial charge < -0.3 is 20.5 Å². The number of hydrogen-bond donors (Lipinski definition) is 3. The molecule has 0 saturated carbocycles. The Labute approximate surface area is 239 Å². The molecule has 2 aromatic carbocycles. The summed E-state index contributed by atoms with van der Waals surface area (Å²) >= 11 is 6.31. The van der Waals surface area contributed by atoms with Crippen LogP contribution < -0.4 is 16.0 Å². The first-order valence-corrected chi connectivity index (χ1v) is 12.6. The van der Waals surface area contributed by atoms with Gasteiger partial charge in [0.1, 0.15) is 23.9 Å². The van der Waals surface area contributed by atoms with Crippen molar-refractivity contribution in [2.75, 3.05) is 5.32 Å².